The summed E-state index contributed by atoms with van der Waals surface area (Å²) in [5, 5.41) is 59.9. The molecule has 5 atom stereocenters. The minimum atomic E-state index is -1.31. The molecule has 0 amide bonds. The first kappa shape index (κ1) is 49.9. The summed E-state index contributed by atoms with van der Waals surface area (Å²) in [6.45, 7) is 9.54. The van der Waals surface area contributed by atoms with Crippen molar-refractivity contribution in [2.75, 3.05) is 39.5 Å². The van der Waals surface area contributed by atoms with Gasteiger partial charge in [0.15, 0.2) is 0 Å². The number of aromatic nitrogens is 3. The number of aryl methyl sites for hydroxylation is 1. The molecule has 0 aliphatic carbocycles. The Hall–Kier alpha value is -1.14. The molecular formula is C43H86N4O6. The molecule has 314 valence electrons. The van der Waals surface area contributed by atoms with E-state index in [1.165, 1.54) is 142 Å². The van der Waals surface area contributed by atoms with Gasteiger partial charge in [0.2, 0.25) is 0 Å². The smallest absolute Gasteiger partial charge is 0.105 e. The van der Waals surface area contributed by atoms with Crippen LogP contribution in [0.4, 0.5) is 0 Å². The van der Waals surface area contributed by atoms with Crippen LogP contribution in [0.5, 0.6) is 0 Å². The Morgan fingerprint density at radius 1 is 0.566 bits per heavy atom. The molecule has 1 aromatic heterocycles. The van der Waals surface area contributed by atoms with Gasteiger partial charge < -0.3 is 35.2 Å². The Bertz CT molecular complexity index is 894. The zero-order valence-corrected chi connectivity index (χ0v) is 34.7. The molecular weight excluding hydrogens is 668 g/mol. The zero-order chi connectivity index (χ0) is 38.8. The van der Waals surface area contributed by atoms with Gasteiger partial charge in [-0.2, -0.15) is 0 Å². The molecule has 5 N–H and O–H groups in total. The number of rotatable bonds is 40. The lowest BCUT2D eigenvalue weighted by molar-refractivity contribution is -0.0811. The molecule has 0 saturated carbocycles. The molecule has 10 nitrogen and oxygen atoms in total. The highest BCUT2D eigenvalue weighted by Gasteiger charge is 2.30. The van der Waals surface area contributed by atoms with Crippen molar-refractivity contribution >= 4 is 0 Å². The molecule has 1 rings (SSSR count). The summed E-state index contributed by atoms with van der Waals surface area (Å²) in [6.07, 6.45) is 29.8. The van der Waals surface area contributed by atoms with Gasteiger partial charge in [-0.1, -0.05) is 161 Å². The Balaban J connectivity index is 2.58. The first-order valence-electron chi connectivity index (χ1n) is 22.4. The van der Waals surface area contributed by atoms with Gasteiger partial charge in [0, 0.05) is 6.20 Å². The highest BCUT2D eigenvalue weighted by Crippen LogP contribution is 2.21. The quantitative estimate of drug-likeness (QED) is 0.0418. The molecule has 0 aliphatic rings. The SMILES string of the molecule is CCCCCCCCCCCCCC[C@@H](O)[C@@H](O)[C@H](COC[C@H](O)[C@@H](O)CO)n1cc(CCCCCN(CCCCCCC)CCCCCCC)nn1. The summed E-state index contributed by atoms with van der Waals surface area (Å²) < 4.78 is 7.26. The molecule has 53 heavy (non-hydrogen) atoms. The summed E-state index contributed by atoms with van der Waals surface area (Å²) in [6, 6.07) is -0.703. The molecule has 0 aliphatic heterocycles. The number of nitrogens with zero attached hydrogens (tertiary/aromatic N) is 4. The molecule has 0 fully saturated rings. The topological polar surface area (TPSA) is 144 Å². The predicted octanol–water partition coefficient (Wildman–Crippen LogP) is 8.32. The van der Waals surface area contributed by atoms with E-state index in [0.717, 1.165) is 50.8 Å². The zero-order valence-electron chi connectivity index (χ0n) is 34.7. The second-order valence-corrected chi connectivity index (χ2v) is 15.8. The largest absolute Gasteiger partial charge is 0.394 e. The monoisotopic (exact) mass is 755 g/mol. The van der Waals surface area contributed by atoms with Crippen molar-refractivity contribution in [3.8, 4) is 0 Å². The van der Waals surface area contributed by atoms with Gasteiger partial charge in [0.05, 0.1) is 31.6 Å². The van der Waals surface area contributed by atoms with E-state index in [9.17, 15) is 20.4 Å². The van der Waals surface area contributed by atoms with Crippen molar-refractivity contribution in [2.24, 2.45) is 0 Å². The van der Waals surface area contributed by atoms with Crippen LogP contribution in [-0.2, 0) is 11.2 Å². The maximum absolute atomic E-state index is 11.3. The number of unbranched alkanes of at least 4 members (excludes halogenated alkanes) is 21. The number of hydrogen-bond donors (Lipinski definition) is 5. The van der Waals surface area contributed by atoms with E-state index < -0.39 is 37.1 Å². The average Bonchev–Trinajstić information content (AvgIpc) is 3.63. The lowest BCUT2D eigenvalue weighted by atomic mass is 9.99. The van der Waals surface area contributed by atoms with Crippen LogP contribution >= 0.6 is 0 Å². The number of aliphatic hydroxyl groups excluding tert-OH is 5. The first-order chi connectivity index (χ1) is 25.9. The molecule has 0 radical (unpaired) electrons. The van der Waals surface area contributed by atoms with Gasteiger partial charge >= 0.3 is 0 Å². The van der Waals surface area contributed by atoms with Crippen LogP contribution in [0.2, 0.25) is 0 Å². The minimum absolute atomic E-state index is 0.0264. The minimum Gasteiger partial charge on any atom is -0.394 e. The normalized spacial score (nSPS) is 14.9. The summed E-state index contributed by atoms with van der Waals surface area (Å²) >= 11 is 0. The summed E-state index contributed by atoms with van der Waals surface area (Å²) in [5.41, 5.74) is 0.845. The molecule has 0 spiro atoms. The highest BCUT2D eigenvalue weighted by molar-refractivity contribution is 4.95. The molecule has 1 aromatic rings. The van der Waals surface area contributed by atoms with Crippen LogP contribution in [0.15, 0.2) is 6.20 Å². The lowest BCUT2D eigenvalue weighted by Gasteiger charge is -2.27. The fraction of sp³-hybridized carbons (Fsp3) is 0.953. The Kier molecular flexibility index (Phi) is 33.2. The van der Waals surface area contributed by atoms with E-state index in [2.05, 4.69) is 36.0 Å². The van der Waals surface area contributed by atoms with Gasteiger partial charge in [-0.05, 0) is 58.2 Å². The summed E-state index contributed by atoms with van der Waals surface area (Å²) in [4.78, 5) is 2.68. The highest BCUT2D eigenvalue weighted by atomic mass is 16.5. The molecule has 0 unspecified atom stereocenters. The van der Waals surface area contributed by atoms with Crippen molar-refractivity contribution in [3.63, 3.8) is 0 Å². The molecule has 0 saturated heterocycles. The van der Waals surface area contributed by atoms with Crippen LogP contribution in [0.3, 0.4) is 0 Å². The van der Waals surface area contributed by atoms with Crippen LogP contribution in [-0.4, -0.2) is 109 Å². The average molecular weight is 755 g/mol. The standard InChI is InChI=1S/C43H86N4O6/c1-4-7-10-13-14-15-16-17-18-19-20-25-30-40(49)43(52)39(36-53-37-42(51)41(50)35-48)47-34-38(44-45-47)29-24-23-28-33-46(31-26-21-11-8-5-2)32-27-22-12-9-6-3/h34,39-43,48-52H,4-33,35-37H2,1-3H3/t39-,40+,41-,42-,43-/m0/s1. The number of hydrogen-bond acceptors (Lipinski definition) is 9. The van der Waals surface area contributed by atoms with Gasteiger partial charge in [-0.15, -0.1) is 5.10 Å². The third-order valence-electron chi connectivity index (χ3n) is 10.8. The molecule has 0 aromatic carbocycles. The van der Waals surface area contributed by atoms with Crippen LogP contribution in [0, 0.1) is 0 Å². The van der Waals surface area contributed by atoms with Gasteiger partial charge in [0.25, 0.3) is 0 Å². The Morgan fingerprint density at radius 3 is 1.51 bits per heavy atom. The molecule has 10 heteroatoms. The van der Waals surface area contributed by atoms with Crippen LogP contribution in [0.1, 0.15) is 199 Å². The lowest BCUT2D eigenvalue weighted by Crippen LogP contribution is -2.39. The van der Waals surface area contributed by atoms with E-state index in [4.69, 9.17) is 9.84 Å². The first-order valence-corrected chi connectivity index (χ1v) is 22.4. The number of aliphatic hydroxyl groups is 5. The van der Waals surface area contributed by atoms with E-state index in [-0.39, 0.29) is 13.2 Å². The van der Waals surface area contributed by atoms with Gasteiger partial charge in [-0.3, -0.25) is 0 Å². The van der Waals surface area contributed by atoms with Crippen molar-refractivity contribution in [3.05, 3.63) is 11.9 Å². The van der Waals surface area contributed by atoms with Gasteiger partial charge in [-0.25, -0.2) is 4.68 Å². The van der Waals surface area contributed by atoms with Gasteiger partial charge in [0.1, 0.15) is 24.4 Å². The fourth-order valence-electron chi connectivity index (χ4n) is 7.12. The number of ether oxygens (including phenoxy) is 1. The van der Waals surface area contributed by atoms with Crippen molar-refractivity contribution in [1.82, 2.24) is 19.9 Å². The fourth-order valence-corrected chi connectivity index (χ4v) is 7.12. The maximum Gasteiger partial charge on any atom is 0.105 e. The van der Waals surface area contributed by atoms with Crippen molar-refractivity contribution in [2.45, 2.75) is 225 Å². The van der Waals surface area contributed by atoms with Crippen LogP contribution in [0.25, 0.3) is 0 Å². The Morgan fingerprint density at radius 2 is 1.02 bits per heavy atom. The molecule has 1 heterocycles. The van der Waals surface area contributed by atoms with Crippen molar-refractivity contribution < 1.29 is 30.3 Å². The predicted molar refractivity (Wildman–Crippen MR) is 218 cm³/mol. The van der Waals surface area contributed by atoms with Crippen LogP contribution < -0.4 is 0 Å². The van der Waals surface area contributed by atoms with E-state index >= 15 is 0 Å². The third kappa shape index (κ3) is 26.4. The second kappa shape index (κ2) is 35.3. The summed E-state index contributed by atoms with van der Waals surface area (Å²) in [7, 11) is 0. The Labute approximate surface area is 325 Å². The van der Waals surface area contributed by atoms with E-state index in [0.29, 0.717) is 6.42 Å². The maximum atomic E-state index is 11.3. The second-order valence-electron chi connectivity index (χ2n) is 15.8. The summed E-state index contributed by atoms with van der Waals surface area (Å²) in [5.74, 6) is 0. The van der Waals surface area contributed by atoms with Crippen molar-refractivity contribution in [1.29, 1.82) is 0 Å². The van der Waals surface area contributed by atoms with E-state index in [1.54, 1.807) is 4.68 Å². The molecule has 0 bridgehead atoms. The third-order valence-corrected chi connectivity index (χ3v) is 10.8. The van der Waals surface area contributed by atoms with E-state index in [1.807, 2.05) is 6.20 Å².